The van der Waals surface area contributed by atoms with Crippen LogP contribution in [0.5, 0.6) is 0 Å². The molecule has 0 aliphatic carbocycles. The van der Waals surface area contributed by atoms with Crippen molar-refractivity contribution in [2.75, 3.05) is 12.4 Å². The minimum Gasteiger partial charge on any atom is -0.372 e. The fourth-order valence-corrected chi connectivity index (χ4v) is 2.34. The maximum Gasteiger partial charge on any atom is 0.143 e. The third-order valence-corrected chi connectivity index (χ3v) is 3.58. The lowest BCUT2D eigenvalue weighted by molar-refractivity contribution is 0.736. The van der Waals surface area contributed by atoms with Gasteiger partial charge >= 0.3 is 0 Å². The Morgan fingerprint density at radius 1 is 1.12 bits per heavy atom. The Kier molecular flexibility index (Phi) is 6.01. The molecule has 0 atom stereocenters. The van der Waals surface area contributed by atoms with Gasteiger partial charge in [0.05, 0.1) is 9.26 Å². The van der Waals surface area contributed by atoms with Crippen molar-refractivity contribution in [3.63, 3.8) is 0 Å². The third kappa shape index (κ3) is 3.57. The summed E-state index contributed by atoms with van der Waals surface area (Å²) in [7, 11) is 1.92. The van der Waals surface area contributed by atoms with E-state index in [1.54, 1.807) is 0 Å². The van der Waals surface area contributed by atoms with Crippen molar-refractivity contribution in [1.29, 1.82) is 0 Å². The highest BCUT2D eigenvalue weighted by atomic mass is 127. The van der Waals surface area contributed by atoms with Gasteiger partial charge in [0.25, 0.3) is 0 Å². The molecule has 0 aliphatic rings. The zero-order valence-electron chi connectivity index (χ0n) is 10.3. The van der Waals surface area contributed by atoms with Crippen molar-refractivity contribution in [2.45, 2.75) is 46.0 Å². The molecule has 0 radical (unpaired) electrons. The van der Waals surface area contributed by atoms with Gasteiger partial charge in [0.2, 0.25) is 0 Å². The van der Waals surface area contributed by atoms with Crippen LogP contribution in [0.4, 0.5) is 5.82 Å². The average Bonchev–Trinajstić information content (AvgIpc) is 2.30. The lowest BCUT2D eigenvalue weighted by atomic mass is 10.2. The standard InChI is InChI=1S/C12H20IN3/c1-4-6-8-10-15-9(7-5-2)11(13)12(14-3)16-10/h4-8H2,1-3H3,(H,14,15,16). The molecule has 0 fully saturated rings. The quantitative estimate of drug-likeness (QED) is 0.811. The first-order chi connectivity index (χ1) is 7.72. The van der Waals surface area contributed by atoms with E-state index >= 15 is 0 Å². The summed E-state index contributed by atoms with van der Waals surface area (Å²) in [6.07, 6.45) is 5.50. The molecular formula is C12H20IN3. The fourth-order valence-electron chi connectivity index (χ4n) is 1.56. The summed E-state index contributed by atoms with van der Waals surface area (Å²) >= 11 is 2.33. The zero-order valence-corrected chi connectivity index (χ0v) is 12.5. The Morgan fingerprint density at radius 3 is 2.44 bits per heavy atom. The number of hydrogen-bond acceptors (Lipinski definition) is 3. The number of halogens is 1. The van der Waals surface area contributed by atoms with E-state index < -0.39 is 0 Å². The van der Waals surface area contributed by atoms with Crippen LogP contribution in [0.15, 0.2) is 0 Å². The maximum atomic E-state index is 4.65. The number of anilines is 1. The van der Waals surface area contributed by atoms with E-state index in [-0.39, 0.29) is 0 Å². The molecule has 0 saturated carbocycles. The molecule has 0 unspecified atom stereocenters. The van der Waals surface area contributed by atoms with Crippen LogP contribution in [0.1, 0.15) is 44.6 Å². The highest BCUT2D eigenvalue weighted by molar-refractivity contribution is 14.1. The maximum absolute atomic E-state index is 4.65. The summed E-state index contributed by atoms with van der Waals surface area (Å²) in [5.41, 5.74) is 1.19. The van der Waals surface area contributed by atoms with Gasteiger partial charge in [-0.15, -0.1) is 0 Å². The average molecular weight is 333 g/mol. The molecule has 1 aromatic rings. The van der Waals surface area contributed by atoms with Gasteiger partial charge < -0.3 is 5.32 Å². The summed E-state index contributed by atoms with van der Waals surface area (Å²) in [4.78, 5) is 9.19. The molecule has 1 N–H and O–H groups in total. The van der Waals surface area contributed by atoms with Crippen LogP contribution in [0.2, 0.25) is 0 Å². The van der Waals surface area contributed by atoms with Crippen LogP contribution in [-0.4, -0.2) is 17.0 Å². The summed E-state index contributed by atoms with van der Waals surface area (Å²) in [5.74, 6) is 1.96. The lowest BCUT2D eigenvalue weighted by Gasteiger charge is -2.10. The van der Waals surface area contributed by atoms with Crippen LogP contribution < -0.4 is 5.32 Å². The predicted octanol–water partition coefficient (Wildman–Crippen LogP) is 3.42. The number of rotatable bonds is 6. The van der Waals surface area contributed by atoms with E-state index in [0.717, 1.165) is 37.3 Å². The van der Waals surface area contributed by atoms with Gasteiger partial charge in [0.15, 0.2) is 0 Å². The number of nitrogens with zero attached hydrogens (tertiary/aromatic N) is 2. The lowest BCUT2D eigenvalue weighted by Crippen LogP contribution is -2.07. The molecule has 1 heterocycles. The van der Waals surface area contributed by atoms with Gasteiger partial charge in [-0.2, -0.15) is 0 Å². The number of aromatic nitrogens is 2. The number of aryl methyl sites for hydroxylation is 2. The number of hydrogen-bond donors (Lipinski definition) is 1. The first kappa shape index (κ1) is 13.7. The monoisotopic (exact) mass is 333 g/mol. The van der Waals surface area contributed by atoms with E-state index in [2.05, 4.69) is 51.7 Å². The summed E-state index contributed by atoms with van der Waals surface area (Å²) in [5, 5.41) is 3.15. The molecule has 4 heteroatoms. The second-order valence-corrected chi connectivity index (χ2v) is 4.93. The van der Waals surface area contributed by atoms with Crippen molar-refractivity contribution in [2.24, 2.45) is 0 Å². The molecule has 0 bridgehead atoms. The molecule has 16 heavy (non-hydrogen) atoms. The Bertz CT molecular complexity index is 339. The van der Waals surface area contributed by atoms with Crippen LogP contribution in [0.3, 0.4) is 0 Å². The Labute approximate surface area is 112 Å². The summed E-state index contributed by atoms with van der Waals surface area (Å²) in [6.45, 7) is 4.38. The van der Waals surface area contributed by atoms with E-state index in [4.69, 9.17) is 0 Å². The van der Waals surface area contributed by atoms with Crippen molar-refractivity contribution >= 4 is 28.4 Å². The second-order valence-electron chi connectivity index (χ2n) is 3.85. The molecule has 0 saturated heterocycles. The van der Waals surface area contributed by atoms with Gasteiger partial charge in [-0.05, 0) is 35.4 Å². The van der Waals surface area contributed by atoms with E-state index in [0.29, 0.717) is 0 Å². The van der Waals surface area contributed by atoms with Gasteiger partial charge in [0.1, 0.15) is 11.6 Å². The molecule has 0 amide bonds. The highest BCUT2D eigenvalue weighted by Gasteiger charge is 2.10. The first-order valence-corrected chi connectivity index (χ1v) is 7.03. The van der Waals surface area contributed by atoms with Crippen LogP contribution in [0.25, 0.3) is 0 Å². The minimum absolute atomic E-state index is 0.977. The SMILES string of the molecule is CCCCc1nc(CCC)c(I)c(NC)n1. The van der Waals surface area contributed by atoms with E-state index in [9.17, 15) is 0 Å². The molecule has 1 rings (SSSR count). The van der Waals surface area contributed by atoms with Crippen molar-refractivity contribution < 1.29 is 0 Å². The minimum atomic E-state index is 0.977. The van der Waals surface area contributed by atoms with E-state index in [1.165, 1.54) is 15.7 Å². The van der Waals surface area contributed by atoms with E-state index in [1.807, 2.05) is 7.05 Å². The molecule has 0 spiro atoms. The smallest absolute Gasteiger partial charge is 0.143 e. The van der Waals surface area contributed by atoms with Gasteiger partial charge in [0, 0.05) is 13.5 Å². The largest absolute Gasteiger partial charge is 0.372 e. The predicted molar refractivity (Wildman–Crippen MR) is 76.9 cm³/mol. The van der Waals surface area contributed by atoms with Gasteiger partial charge in [-0.25, -0.2) is 9.97 Å². The Balaban J connectivity index is 2.97. The summed E-state index contributed by atoms with van der Waals surface area (Å²) < 4.78 is 1.17. The first-order valence-electron chi connectivity index (χ1n) is 5.95. The molecule has 1 aromatic heterocycles. The van der Waals surface area contributed by atoms with Crippen molar-refractivity contribution in [3.05, 3.63) is 15.1 Å². The van der Waals surface area contributed by atoms with Gasteiger partial charge in [-0.1, -0.05) is 26.7 Å². The zero-order chi connectivity index (χ0) is 12.0. The third-order valence-electron chi connectivity index (χ3n) is 2.44. The number of unbranched alkanes of at least 4 members (excludes halogenated alkanes) is 1. The Morgan fingerprint density at radius 2 is 1.88 bits per heavy atom. The Hall–Kier alpha value is -0.390. The van der Waals surface area contributed by atoms with Crippen LogP contribution in [-0.2, 0) is 12.8 Å². The molecule has 90 valence electrons. The van der Waals surface area contributed by atoms with Crippen molar-refractivity contribution in [1.82, 2.24) is 9.97 Å². The second kappa shape index (κ2) is 7.04. The molecule has 0 aliphatic heterocycles. The fraction of sp³-hybridized carbons (Fsp3) is 0.667. The highest BCUT2D eigenvalue weighted by Crippen LogP contribution is 2.20. The summed E-state index contributed by atoms with van der Waals surface area (Å²) in [6, 6.07) is 0. The topological polar surface area (TPSA) is 37.8 Å². The van der Waals surface area contributed by atoms with Gasteiger partial charge in [-0.3, -0.25) is 0 Å². The molecule has 3 nitrogen and oxygen atoms in total. The van der Waals surface area contributed by atoms with Crippen LogP contribution in [0, 0.1) is 3.57 Å². The normalized spacial score (nSPS) is 10.5. The van der Waals surface area contributed by atoms with Crippen molar-refractivity contribution in [3.8, 4) is 0 Å². The number of nitrogens with one attached hydrogen (secondary N) is 1. The molecule has 0 aromatic carbocycles. The van der Waals surface area contributed by atoms with Crippen LogP contribution >= 0.6 is 22.6 Å². The molecular weight excluding hydrogens is 313 g/mol.